The van der Waals surface area contributed by atoms with Crippen molar-refractivity contribution < 1.29 is 9.59 Å². The molecule has 4 heteroatoms. The highest BCUT2D eigenvalue weighted by Crippen LogP contribution is 2.21. The Kier molecular flexibility index (Phi) is 5.36. The van der Waals surface area contributed by atoms with Crippen LogP contribution in [-0.4, -0.2) is 11.8 Å². The smallest absolute Gasteiger partial charge is 0.255 e. The van der Waals surface area contributed by atoms with Crippen molar-refractivity contribution in [3.8, 4) is 0 Å². The lowest BCUT2D eigenvalue weighted by Gasteiger charge is -2.13. The van der Waals surface area contributed by atoms with Gasteiger partial charge in [-0.2, -0.15) is 0 Å². The molecule has 3 aromatic rings. The summed E-state index contributed by atoms with van der Waals surface area (Å²) < 4.78 is 0. The molecule has 0 fully saturated rings. The van der Waals surface area contributed by atoms with Crippen molar-refractivity contribution in [1.82, 2.24) is 0 Å². The summed E-state index contributed by atoms with van der Waals surface area (Å²) in [5.74, 6) is -0.412. The number of rotatable bonds is 4. The van der Waals surface area contributed by atoms with Gasteiger partial charge in [-0.3, -0.25) is 9.59 Å². The van der Waals surface area contributed by atoms with Gasteiger partial charge in [-0.25, -0.2) is 0 Å². The summed E-state index contributed by atoms with van der Waals surface area (Å²) in [5, 5.41) is 5.83. The topological polar surface area (TPSA) is 58.2 Å². The number of carbonyl (C=O) groups excluding carboxylic acids is 2. The van der Waals surface area contributed by atoms with Crippen LogP contribution in [0.4, 0.5) is 11.4 Å². The highest BCUT2D eigenvalue weighted by molar-refractivity contribution is 6.08. The first-order valence-corrected chi connectivity index (χ1v) is 8.80. The van der Waals surface area contributed by atoms with Gasteiger partial charge in [-0.1, -0.05) is 36.4 Å². The lowest BCUT2D eigenvalue weighted by molar-refractivity contribution is 0.101. The summed E-state index contributed by atoms with van der Waals surface area (Å²) in [6.07, 6.45) is 0. The molecular weight excluding hydrogens is 336 g/mol. The first-order valence-electron chi connectivity index (χ1n) is 8.80. The van der Waals surface area contributed by atoms with Gasteiger partial charge in [0.15, 0.2) is 0 Å². The average molecular weight is 358 g/mol. The first kappa shape index (κ1) is 18.4. The largest absolute Gasteiger partial charge is 0.322 e. The van der Waals surface area contributed by atoms with Crippen molar-refractivity contribution >= 4 is 23.2 Å². The summed E-state index contributed by atoms with van der Waals surface area (Å²) in [5.41, 5.74) is 5.52. The maximum Gasteiger partial charge on any atom is 0.255 e. The number of hydrogen-bond acceptors (Lipinski definition) is 2. The summed E-state index contributed by atoms with van der Waals surface area (Å²) in [4.78, 5) is 25.1. The van der Waals surface area contributed by atoms with E-state index >= 15 is 0 Å². The SMILES string of the molecule is Cc1ccc(C(=O)Nc2cccc(C)c2C)cc1NC(=O)c1ccccc1. The Morgan fingerprint density at radius 3 is 2.04 bits per heavy atom. The molecule has 0 atom stereocenters. The quantitative estimate of drug-likeness (QED) is 0.680. The minimum atomic E-state index is -0.209. The minimum absolute atomic E-state index is 0.203. The molecule has 0 heterocycles. The molecule has 136 valence electrons. The van der Waals surface area contributed by atoms with Gasteiger partial charge in [0.1, 0.15) is 0 Å². The van der Waals surface area contributed by atoms with Crippen LogP contribution in [0.3, 0.4) is 0 Å². The van der Waals surface area contributed by atoms with E-state index in [1.807, 2.05) is 63.2 Å². The van der Waals surface area contributed by atoms with E-state index in [2.05, 4.69) is 10.6 Å². The van der Waals surface area contributed by atoms with Crippen molar-refractivity contribution in [2.24, 2.45) is 0 Å². The highest BCUT2D eigenvalue weighted by Gasteiger charge is 2.12. The maximum absolute atomic E-state index is 12.7. The van der Waals surface area contributed by atoms with Crippen LogP contribution in [-0.2, 0) is 0 Å². The molecule has 0 radical (unpaired) electrons. The van der Waals surface area contributed by atoms with E-state index in [1.54, 1.807) is 24.3 Å². The van der Waals surface area contributed by atoms with Gasteiger partial charge in [-0.15, -0.1) is 0 Å². The summed E-state index contributed by atoms with van der Waals surface area (Å²) >= 11 is 0. The van der Waals surface area contributed by atoms with Gasteiger partial charge in [0, 0.05) is 22.5 Å². The molecule has 0 bridgehead atoms. The van der Waals surface area contributed by atoms with Crippen LogP contribution in [0.5, 0.6) is 0 Å². The first-order chi connectivity index (χ1) is 13.0. The van der Waals surface area contributed by atoms with Crippen molar-refractivity contribution in [3.63, 3.8) is 0 Å². The zero-order valence-electron chi connectivity index (χ0n) is 15.7. The van der Waals surface area contributed by atoms with Gasteiger partial charge >= 0.3 is 0 Å². The highest BCUT2D eigenvalue weighted by atomic mass is 16.2. The third-order valence-corrected chi connectivity index (χ3v) is 4.64. The molecule has 3 rings (SSSR count). The number of benzene rings is 3. The van der Waals surface area contributed by atoms with E-state index in [-0.39, 0.29) is 11.8 Å². The van der Waals surface area contributed by atoms with Gasteiger partial charge in [0.2, 0.25) is 0 Å². The van der Waals surface area contributed by atoms with Gasteiger partial charge in [0.25, 0.3) is 11.8 Å². The Bertz CT molecular complexity index is 995. The normalized spacial score (nSPS) is 10.3. The van der Waals surface area contributed by atoms with Crippen LogP contribution in [0.1, 0.15) is 37.4 Å². The third-order valence-electron chi connectivity index (χ3n) is 4.64. The summed E-state index contributed by atoms with van der Waals surface area (Å²) in [6.45, 7) is 5.88. The molecule has 0 aromatic heterocycles. The molecule has 2 amide bonds. The number of anilines is 2. The molecular formula is C23H22N2O2. The Morgan fingerprint density at radius 1 is 0.630 bits per heavy atom. The van der Waals surface area contributed by atoms with E-state index in [1.165, 1.54) is 0 Å². The molecule has 3 aromatic carbocycles. The van der Waals surface area contributed by atoms with Crippen LogP contribution in [0, 0.1) is 20.8 Å². The van der Waals surface area contributed by atoms with Crippen LogP contribution in [0.15, 0.2) is 66.7 Å². The van der Waals surface area contributed by atoms with Crippen molar-refractivity contribution in [1.29, 1.82) is 0 Å². The van der Waals surface area contributed by atoms with Crippen LogP contribution in [0.2, 0.25) is 0 Å². The summed E-state index contributed by atoms with van der Waals surface area (Å²) in [7, 11) is 0. The lowest BCUT2D eigenvalue weighted by atomic mass is 10.1. The lowest BCUT2D eigenvalue weighted by Crippen LogP contribution is -2.16. The maximum atomic E-state index is 12.7. The fraction of sp³-hybridized carbons (Fsp3) is 0.130. The number of carbonyl (C=O) groups is 2. The Morgan fingerprint density at radius 2 is 1.30 bits per heavy atom. The van der Waals surface area contributed by atoms with Gasteiger partial charge in [0.05, 0.1) is 0 Å². The third kappa shape index (κ3) is 4.23. The van der Waals surface area contributed by atoms with Crippen LogP contribution >= 0.6 is 0 Å². The van der Waals surface area contributed by atoms with Crippen molar-refractivity contribution in [2.45, 2.75) is 20.8 Å². The molecule has 0 aliphatic heterocycles. The number of hydrogen-bond donors (Lipinski definition) is 2. The standard InChI is InChI=1S/C23H22N2O2/c1-15-8-7-11-20(17(15)3)24-23(27)19-13-12-16(2)21(14-19)25-22(26)18-9-5-4-6-10-18/h4-14H,1-3H3,(H,24,27)(H,25,26). The average Bonchev–Trinajstić information content (AvgIpc) is 2.67. The van der Waals surface area contributed by atoms with Crippen molar-refractivity contribution in [3.05, 3.63) is 94.5 Å². The molecule has 0 aliphatic carbocycles. The van der Waals surface area contributed by atoms with Gasteiger partial charge in [-0.05, 0) is 67.8 Å². The predicted molar refractivity (Wildman–Crippen MR) is 109 cm³/mol. The molecule has 0 aliphatic rings. The monoisotopic (exact) mass is 358 g/mol. The molecule has 0 saturated carbocycles. The fourth-order valence-corrected chi connectivity index (χ4v) is 2.76. The zero-order chi connectivity index (χ0) is 19.4. The number of nitrogens with one attached hydrogen (secondary N) is 2. The molecule has 2 N–H and O–H groups in total. The van der Waals surface area contributed by atoms with E-state index in [9.17, 15) is 9.59 Å². The second-order valence-corrected chi connectivity index (χ2v) is 6.55. The molecule has 4 nitrogen and oxygen atoms in total. The predicted octanol–water partition coefficient (Wildman–Crippen LogP) is 5.12. The Balaban J connectivity index is 1.81. The fourth-order valence-electron chi connectivity index (χ4n) is 2.76. The number of amides is 2. The van der Waals surface area contributed by atoms with Crippen LogP contribution < -0.4 is 10.6 Å². The van der Waals surface area contributed by atoms with Gasteiger partial charge < -0.3 is 10.6 Å². The zero-order valence-corrected chi connectivity index (χ0v) is 15.7. The Labute approximate surface area is 159 Å². The molecule has 0 unspecified atom stereocenters. The molecule has 0 spiro atoms. The molecule has 27 heavy (non-hydrogen) atoms. The number of aryl methyl sites for hydroxylation is 2. The van der Waals surface area contributed by atoms with E-state index < -0.39 is 0 Å². The second kappa shape index (κ2) is 7.87. The van der Waals surface area contributed by atoms with E-state index in [0.29, 0.717) is 16.8 Å². The summed E-state index contributed by atoms with van der Waals surface area (Å²) in [6, 6.07) is 20.1. The van der Waals surface area contributed by atoms with E-state index in [0.717, 1.165) is 22.4 Å². The second-order valence-electron chi connectivity index (χ2n) is 6.55. The van der Waals surface area contributed by atoms with Crippen molar-refractivity contribution in [2.75, 3.05) is 10.6 Å². The molecule has 0 saturated heterocycles. The van der Waals surface area contributed by atoms with E-state index in [4.69, 9.17) is 0 Å². The Hall–Kier alpha value is -3.40. The van der Waals surface area contributed by atoms with Crippen LogP contribution in [0.25, 0.3) is 0 Å². The minimum Gasteiger partial charge on any atom is -0.322 e.